The van der Waals surface area contributed by atoms with Gasteiger partial charge < -0.3 is 14.7 Å². The SMILES string of the molecule is CCNC(=NCc1ccon1)N(C)CC1CCC(C)CC1.I. The van der Waals surface area contributed by atoms with Crippen LogP contribution >= 0.6 is 24.0 Å². The summed E-state index contributed by atoms with van der Waals surface area (Å²) in [7, 11) is 2.13. The summed E-state index contributed by atoms with van der Waals surface area (Å²) in [5.74, 6) is 2.65. The van der Waals surface area contributed by atoms with Gasteiger partial charge in [-0.2, -0.15) is 0 Å². The van der Waals surface area contributed by atoms with Crippen molar-refractivity contribution in [3.8, 4) is 0 Å². The third-order valence-corrected chi connectivity index (χ3v) is 4.25. The van der Waals surface area contributed by atoms with Crippen LogP contribution in [-0.4, -0.2) is 36.2 Å². The topological polar surface area (TPSA) is 53.7 Å². The molecular weight excluding hydrogens is 391 g/mol. The summed E-state index contributed by atoms with van der Waals surface area (Å²) in [4.78, 5) is 6.90. The zero-order valence-corrected chi connectivity index (χ0v) is 16.2. The Morgan fingerprint density at radius 2 is 2.14 bits per heavy atom. The number of hydrogen-bond donors (Lipinski definition) is 1. The van der Waals surface area contributed by atoms with Crippen molar-refractivity contribution in [3.05, 3.63) is 18.0 Å². The predicted molar refractivity (Wildman–Crippen MR) is 100 cm³/mol. The molecule has 0 aliphatic heterocycles. The van der Waals surface area contributed by atoms with Gasteiger partial charge in [0.15, 0.2) is 5.96 Å². The molecule has 1 fully saturated rings. The van der Waals surface area contributed by atoms with Crippen LogP contribution in [0.1, 0.15) is 45.2 Å². The molecule has 126 valence electrons. The Labute approximate surface area is 150 Å². The van der Waals surface area contributed by atoms with Gasteiger partial charge in [0, 0.05) is 26.2 Å². The lowest BCUT2D eigenvalue weighted by molar-refractivity contribution is 0.250. The Bertz CT molecular complexity index is 427. The Kier molecular flexibility index (Phi) is 8.82. The van der Waals surface area contributed by atoms with E-state index in [1.54, 1.807) is 6.26 Å². The van der Waals surface area contributed by atoms with Crippen molar-refractivity contribution in [2.45, 2.75) is 46.1 Å². The van der Waals surface area contributed by atoms with Gasteiger partial charge in [-0.15, -0.1) is 24.0 Å². The minimum Gasteiger partial charge on any atom is -0.364 e. The van der Waals surface area contributed by atoms with Crippen molar-refractivity contribution in [3.63, 3.8) is 0 Å². The zero-order chi connectivity index (χ0) is 15.1. The lowest BCUT2D eigenvalue weighted by Gasteiger charge is -2.31. The van der Waals surface area contributed by atoms with Gasteiger partial charge in [-0.1, -0.05) is 24.9 Å². The maximum absolute atomic E-state index is 4.85. The molecule has 0 aromatic carbocycles. The van der Waals surface area contributed by atoms with E-state index in [0.29, 0.717) is 6.54 Å². The molecule has 0 spiro atoms. The average Bonchev–Trinajstić information content (AvgIpc) is 2.99. The summed E-state index contributed by atoms with van der Waals surface area (Å²) in [6, 6.07) is 1.86. The van der Waals surface area contributed by atoms with Gasteiger partial charge in [0.1, 0.15) is 12.0 Å². The van der Waals surface area contributed by atoms with E-state index in [1.165, 1.54) is 25.7 Å². The molecule has 22 heavy (non-hydrogen) atoms. The fourth-order valence-electron chi connectivity index (χ4n) is 2.93. The molecule has 5 nitrogen and oxygen atoms in total. The van der Waals surface area contributed by atoms with Gasteiger partial charge in [0.2, 0.25) is 0 Å². The Morgan fingerprint density at radius 3 is 2.73 bits per heavy atom. The van der Waals surface area contributed by atoms with E-state index < -0.39 is 0 Å². The highest BCUT2D eigenvalue weighted by Gasteiger charge is 2.20. The van der Waals surface area contributed by atoms with E-state index >= 15 is 0 Å². The third-order valence-electron chi connectivity index (χ3n) is 4.25. The minimum absolute atomic E-state index is 0. The van der Waals surface area contributed by atoms with Crippen LogP contribution in [0.3, 0.4) is 0 Å². The monoisotopic (exact) mass is 420 g/mol. The highest BCUT2D eigenvalue weighted by atomic mass is 127. The number of nitrogens with one attached hydrogen (secondary N) is 1. The lowest BCUT2D eigenvalue weighted by Crippen LogP contribution is -2.41. The minimum atomic E-state index is 0. The number of nitrogens with zero attached hydrogens (tertiary/aromatic N) is 3. The van der Waals surface area contributed by atoms with E-state index in [9.17, 15) is 0 Å². The standard InChI is InChI=1S/C16H28N4O.HI/c1-4-17-16(18-11-15-9-10-21-19-15)20(3)12-14-7-5-13(2)6-8-14;/h9-10,13-14H,4-8,11-12H2,1-3H3,(H,17,18);1H. The van der Waals surface area contributed by atoms with Gasteiger partial charge >= 0.3 is 0 Å². The summed E-state index contributed by atoms with van der Waals surface area (Å²) in [6.45, 7) is 6.98. The third kappa shape index (κ3) is 6.14. The lowest BCUT2D eigenvalue weighted by atomic mass is 9.83. The van der Waals surface area contributed by atoms with Gasteiger partial charge in [0.25, 0.3) is 0 Å². The maximum Gasteiger partial charge on any atom is 0.194 e. The number of hydrogen-bond acceptors (Lipinski definition) is 3. The van der Waals surface area contributed by atoms with Crippen LogP contribution in [0.2, 0.25) is 0 Å². The van der Waals surface area contributed by atoms with E-state index in [-0.39, 0.29) is 24.0 Å². The molecular formula is C16H29IN4O. The van der Waals surface area contributed by atoms with E-state index in [1.807, 2.05) is 6.07 Å². The Balaban J connectivity index is 0.00000242. The van der Waals surface area contributed by atoms with Crippen LogP contribution in [-0.2, 0) is 6.54 Å². The van der Waals surface area contributed by atoms with Gasteiger partial charge in [-0.3, -0.25) is 0 Å². The van der Waals surface area contributed by atoms with Gasteiger partial charge in [-0.25, -0.2) is 4.99 Å². The molecule has 1 aliphatic rings. The summed E-state index contributed by atoms with van der Waals surface area (Å²) < 4.78 is 4.85. The molecule has 6 heteroatoms. The molecule has 1 aliphatic carbocycles. The summed E-state index contributed by atoms with van der Waals surface area (Å²) >= 11 is 0. The molecule has 0 radical (unpaired) electrons. The first-order valence-electron chi connectivity index (χ1n) is 8.07. The molecule has 1 saturated carbocycles. The van der Waals surface area contributed by atoms with Crippen LogP contribution in [0.15, 0.2) is 21.8 Å². The number of rotatable bonds is 5. The van der Waals surface area contributed by atoms with Crippen molar-refractivity contribution < 1.29 is 4.52 Å². The molecule has 1 aromatic rings. The summed E-state index contributed by atoms with van der Waals surface area (Å²) in [6.07, 6.45) is 7.00. The number of guanidine groups is 1. The highest BCUT2D eigenvalue weighted by molar-refractivity contribution is 14.0. The fourth-order valence-corrected chi connectivity index (χ4v) is 2.93. The predicted octanol–water partition coefficient (Wildman–Crippen LogP) is 3.52. The highest BCUT2D eigenvalue weighted by Crippen LogP contribution is 2.28. The van der Waals surface area contributed by atoms with Crippen LogP contribution < -0.4 is 5.32 Å². The van der Waals surface area contributed by atoms with Crippen molar-refractivity contribution in [2.75, 3.05) is 20.1 Å². The smallest absolute Gasteiger partial charge is 0.194 e. The molecule has 1 heterocycles. The van der Waals surface area contributed by atoms with Crippen LogP contribution in [0.5, 0.6) is 0 Å². The first-order valence-corrected chi connectivity index (χ1v) is 8.07. The van der Waals surface area contributed by atoms with Gasteiger partial charge in [-0.05, 0) is 31.6 Å². The molecule has 1 N–H and O–H groups in total. The second-order valence-corrected chi connectivity index (χ2v) is 6.17. The molecule has 1 aromatic heterocycles. The van der Waals surface area contributed by atoms with Crippen LogP contribution in [0.4, 0.5) is 0 Å². The largest absolute Gasteiger partial charge is 0.364 e. The van der Waals surface area contributed by atoms with Crippen molar-refractivity contribution in [1.82, 2.24) is 15.4 Å². The van der Waals surface area contributed by atoms with Crippen molar-refractivity contribution in [2.24, 2.45) is 16.8 Å². The Hall–Kier alpha value is -0.790. The molecule has 0 bridgehead atoms. The van der Waals surface area contributed by atoms with Crippen LogP contribution in [0.25, 0.3) is 0 Å². The number of aliphatic imine (C=N–C) groups is 1. The maximum atomic E-state index is 4.85. The quantitative estimate of drug-likeness (QED) is 0.450. The first kappa shape index (κ1) is 19.3. The van der Waals surface area contributed by atoms with E-state index in [4.69, 9.17) is 4.52 Å². The number of halogens is 1. The number of aromatic nitrogens is 1. The van der Waals surface area contributed by atoms with E-state index in [2.05, 4.69) is 41.3 Å². The van der Waals surface area contributed by atoms with Crippen LogP contribution in [0, 0.1) is 11.8 Å². The molecule has 2 rings (SSSR count). The molecule has 0 atom stereocenters. The zero-order valence-electron chi connectivity index (χ0n) is 13.9. The summed E-state index contributed by atoms with van der Waals surface area (Å²) in [5.41, 5.74) is 0.866. The van der Waals surface area contributed by atoms with Gasteiger partial charge in [0.05, 0.1) is 6.54 Å². The van der Waals surface area contributed by atoms with Crippen molar-refractivity contribution >= 4 is 29.9 Å². The molecule has 0 saturated heterocycles. The summed E-state index contributed by atoms with van der Waals surface area (Å²) in [5, 5.41) is 7.26. The van der Waals surface area contributed by atoms with Crippen molar-refractivity contribution in [1.29, 1.82) is 0 Å². The normalized spacial score (nSPS) is 22.0. The van der Waals surface area contributed by atoms with E-state index in [0.717, 1.165) is 36.6 Å². The fraction of sp³-hybridized carbons (Fsp3) is 0.750. The molecule has 0 amide bonds. The molecule has 0 unspecified atom stereocenters. The second kappa shape index (κ2) is 10.1. The average molecular weight is 420 g/mol. The second-order valence-electron chi connectivity index (χ2n) is 6.17. The Morgan fingerprint density at radius 1 is 1.41 bits per heavy atom. The first-order chi connectivity index (χ1) is 10.2.